The Morgan fingerprint density at radius 1 is 1.03 bits per heavy atom. The van der Waals surface area contributed by atoms with Crippen LogP contribution in [0.4, 0.5) is 24.5 Å². The third-order valence-electron chi connectivity index (χ3n) is 6.94. The first-order chi connectivity index (χ1) is 18.5. The van der Waals surface area contributed by atoms with Gasteiger partial charge in [-0.05, 0) is 75.0 Å². The highest BCUT2D eigenvalue weighted by Crippen LogP contribution is 2.32. The fraction of sp³-hybridized carbons (Fsp3) is 0.429. The molecular formula is C28H33F3N4O3S. The fourth-order valence-electron chi connectivity index (χ4n) is 4.91. The zero-order chi connectivity index (χ0) is 28.2. The maximum Gasteiger partial charge on any atom is 0.406 e. The number of aromatic nitrogens is 1. The standard InChI is InChI=1S/C28H33F3N4O3S/c1-32-19-9-11-20(12-10-19)34-24-7-4-8-26-23(24)16-21(35(26)18-28(29,30)31)6-5-15-38-27-14-13-22(39(3,36)37)17-25(27)33-2/h4,7-8,13-14,16-17,19-20,32-34H,9-12,15,18H2,1-3H3/t19-,20-. The molecule has 1 fully saturated rings. The Bertz CT molecular complexity index is 1480. The van der Waals surface area contributed by atoms with Crippen molar-refractivity contribution in [1.82, 2.24) is 9.88 Å². The highest BCUT2D eigenvalue weighted by Gasteiger charge is 2.30. The molecule has 1 aliphatic carbocycles. The minimum atomic E-state index is -4.42. The minimum Gasteiger partial charge on any atom is -0.479 e. The van der Waals surface area contributed by atoms with E-state index < -0.39 is 22.6 Å². The first kappa shape index (κ1) is 28.6. The van der Waals surface area contributed by atoms with E-state index >= 15 is 0 Å². The van der Waals surface area contributed by atoms with Gasteiger partial charge in [-0.25, -0.2) is 8.42 Å². The van der Waals surface area contributed by atoms with Gasteiger partial charge in [0.15, 0.2) is 9.84 Å². The molecule has 11 heteroatoms. The summed E-state index contributed by atoms with van der Waals surface area (Å²) in [5.74, 6) is 6.04. The van der Waals surface area contributed by atoms with Crippen molar-refractivity contribution in [3.05, 3.63) is 48.2 Å². The van der Waals surface area contributed by atoms with Crippen LogP contribution in [0, 0.1) is 11.8 Å². The number of nitrogens with one attached hydrogen (secondary N) is 3. The maximum atomic E-state index is 13.5. The van der Waals surface area contributed by atoms with Crippen molar-refractivity contribution < 1.29 is 26.3 Å². The van der Waals surface area contributed by atoms with E-state index in [9.17, 15) is 21.6 Å². The summed E-state index contributed by atoms with van der Waals surface area (Å²) in [6.45, 7) is -1.25. The van der Waals surface area contributed by atoms with E-state index in [4.69, 9.17) is 4.74 Å². The normalized spacial score (nSPS) is 17.9. The molecule has 39 heavy (non-hydrogen) atoms. The number of sulfone groups is 1. The van der Waals surface area contributed by atoms with Crippen LogP contribution < -0.4 is 20.7 Å². The lowest BCUT2D eigenvalue weighted by Gasteiger charge is -2.29. The second-order valence-corrected chi connectivity index (χ2v) is 11.7. The number of rotatable bonds is 8. The largest absolute Gasteiger partial charge is 0.479 e. The van der Waals surface area contributed by atoms with E-state index in [1.807, 2.05) is 13.1 Å². The van der Waals surface area contributed by atoms with Gasteiger partial charge in [0.2, 0.25) is 0 Å². The third kappa shape index (κ3) is 7.19. The molecule has 1 aromatic heterocycles. The zero-order valence-corrected chi connectivity index (χ0v) is 23.0. The summed E-state index contributed by atoms with van der Waals surface area (Å²) in [5, 5.41) is 10.4. The van der Waals surface area contributed by atoms with E-state index in [0.717, 1.165) is 37.6 Å². The number of fused-ring (bicyclic) bond motifs is 1. The summed E-state index contributed by atoms with van der Waals surface area (Å²) >= 11 is 0. The van der Waals surface area contributed by atoms with Crippen molar-refractivity contribution in [3.8, 4) is 17.6 Å². The van der Waals surface area contributed by atoms with Crippen LogP contribution in [0.3, 0.4) is 0 Å². The first-order valence-corrected chi connectivity index (χ1v) is 14.6. The molecule has 0 atom stereocenters. The number of hydrogen-bond donors (Lipinski definition) is 3. The summed E-state index contributed by atoms with van der Waals surface area (Å²) in [6.07, 6.45) is 0.744. The van der Waals surface area contributed by atoms with Gasteiger partial charge in [0.1, 0.15) is 18.9 Å². The van der Waals surface area contributed by atoms with E-state index in [0.29, 0.717) is 28.4 Å². The molecule has 0 amide bonds. The summed E-state index contributed by atoms with van der Waals surface area (Å²) in [7, 11) is 0.206. The molecule has 0 saturated heterocycles. The Hall–Kier alpha value is -3.36. The molecule has 3 aromatic rings. The van der Waals surface area contributed by atoms with Crippen LogP contribution >= 0.6 is 0 Å². The molecule has 7 nitrogen and oxygen atoms in total. The van der Waals surface area contributed by atoms with Crippen LogP contribution in [0.5, 0.6) is 5.75 Å². The lowest BCUT2D eigenvalue weighted by molar-refractivity contribution is -0.140. The Morgan fingerprint density at radius 3 is 2.38 bits per heavy atom. The van der Waals surface area contributed by atoms with Gasteiger partial charge < -0.3 is 25.3 Å². The van der Waals surface area contributed by atoms with Crippen LogP contribution in [-0.2, 0) is 16.4 Å². The molecule has 2 aromatic carbocycles. The Balaban J connectivity index is 1.58. The van der Waals surface area contributed by atoms with Gasteiger partial charge in [0, 0.05) is 36.5 Å². The van der Waals surface area contributed by atoms with Crippen molar-refractivity contribution in [1.29, 1.82) is 0 Å². The quantitative estimate of drug-likeness (QED) is 0.335. The smallest absolute Gasteiger partial charge is 0.406 e. The van der Waals surface area contributed by atoms with Crippen LogP contribution in [0.25, 0.3) is 10.9 Å². The number of halogens is 3. The highest BCUT2D eigenvalue weighted by atomic mass is 32.2. The highest BCUT2D eigenvalue weighted by molar-refractivity contribution is 7.90. The number of alkyl halides is 3. The Kier molecular flexibility index (Phi) is 8.67. The summed E-state index contributed by atoms with van der Waals surface area (Å²) < 4.78 is 71.1. The molecule has 0 aliphatic heterocycles. The van der Waals surface area contributed by atoms with Crippen molar-refractivity contribution in [2.24, 2.45) is 0 Å². The Morgan fingerprint density at radius 2 is 1.74 bits per heavy atom. The fourth-order valence-corrected chi connectivity index (χ4v) is 5.56. The number of anilines is 2. The third-order valence-corrected chi connectivity index (χ3v) is 8.05. The number of hydrogen-bond acceptors (Lipinski definition) is 6. The monoisotopic (exact) mass is 562 g/mol. The topological polar surface area (TPSA) is 84.4 Å². The summed E-state index contributed by atoms with van der Waals surface area (Å²) in [6, 6.07) is 12.2. The lowest BCUT2D eigenvalue weighted by atomic mass is 9.91. The van der Waals surface area contributed by atoms with Gasteiger partial charge in [-0.3, -0.25) is 0 Å². The zero-order valence-electron chi connectivity index (χ0n) is 22.2. The molecule has 1 aliphatic rings. The predicted octanol–water partition coefficient (Wildman–Crippen LogP) is 5.02. The van der Waals surface area contributed by atoms with Gasteiger partial charge in [-0.15, -0.1) is 0 Å². The van der Waals surface area contributed by atoms with Gasteiger partial charge in [-0.1, -0.05) is 12.0 Å². The SMILES string of the molecule is CNc1cc(S(C)(=O)=O)ccc1OCC#Cc1cc2c(N[C@H]3CC[C@H](NC)CC3)cccc2n1CC(F)(F)F. The number of ether oxygens (including phenoxy) is 1. The molecule has 1 saturated carbocycles. The lowest BCUT2D eigenvalue weighted by Crippen LogP contribution is -2.34. The van der Waals surface area contributed by atoms with Crippen LogP contribution in [0.15, 0.2) is 47.4 Å². The maximum absolute atomic E-state index is 13.5. The van der Waals surface area contributed by atoms with E-state index in [2.05, 4.69) is 27.8 Å². The molecular weight excluding hydrogens is 529 g/mol. The van der Waals surface area contributed by atoms with E-state index in [-0.39, 0.29) is 23.2 Å². The number of nitrogens with zero attached hydrogens (tertiary/aromatic N) is 1. The van der Waals surface area contributed by atoms with E-state index in [1.54, 1.807) is 25.2 Å². The van der Waals surface area contributed by atoms with Gasteiger partial charge in [0.05, 0.1) is 21.8 Å². The molecule has 3 N–H and O–H groups in total. The molecule has 1 heterocycles. The average Bonchev–Trinajstić information content (AvgIpc) is 3.23. The molecule has 0 bridgehead atoms. The van der Waals surface area contributed by atoms with Gasteiger partial charge in [-0.2, -0.15) is 13.2 Å². The summed E-state index contributed by atoms with van der Waals surface area (Å²) in [4.78, 5) is 0.140. The van der Waals surface area contributed by atoms with Crippen LogP contribution in [-0.4, -0.2) is 58.2 Å². The van der Waals surface area contributed by atoms with Gasteiger partial charge in [0.25, 0.3) is 0 Å². The predicted molar refractivity (Wildman–Crippen MR) is 148 cm³/mol. The average molecular weight is 563 g/mol. The molecule has 0 unspecified atom stereocenters. The van der Waals surface area contributed by atoms with Gasteiger partial charge >= 0.3 is 6.18 Å². The van der Waals surface area contributed by atoms with Crippen LogP contribution in [0.1, 0.15) is 31.4 Å². The van der Waals surface area contributed by atoms with Crippen molar-refractivity contribution in [2.75, 3.05) is 37.6 Å². The molecule has 4 rings (SSSR count). The van der Waals surface area contributed by atoms with Crippen molar-refractivity contribution in [2.45, 2.75) is 55.4 Å². The van der Waals surface area contributed by atoms with Crippen molar-refractivity contribution in [3.63, 3.8) is 0 Å². The Labute approximate surface area is 227 Å². The molecule has 210 valence electrons. The van der Waals surface area contributed by atoms with Crippen molar-refractivity contribution >= 4 is 32.1 Å². The first-order valence-electron chi connectivity index (χ1n) is 12.7. The molecule has 0 spiro atoms. The van der Waals surface area contributed by atoms with Crippen LogP contribution in [0.2, 0.25) is 0 Å². The summed E-state index contributed by atoms with van der Waals surface area (Å²) in [5.41, 5.74) is 1.95. The second kappa shape index (κ2) is 11.8. The minimum absolute atomic E-state index is 0.0970. The van der Waals surface area contributed by atoms with E-state index in [1.165, 1.54) is 22.8 Å². The number of benzene rings is 2. The molecule has 0 radical (unpaired) electrons. The second-order valence-electron chi connectivity index (χ2n) is 9.72.